The summed E-state index contributed by atoms with van der Waals surface area (Å²) in [6, 6.07) is 9.85. The molecule has 0 amide bonds. The second-order valence-corrected chi connectivity index (χ2v) is 3.20. The van der Waals surface area contributed by atoms with Crippen LogP contribution in [0, 0.1) is 11.3 Å². The molecule has 1 N–H and O–H groups in total. The summed E-state index contributed by atoms with van der Waals surface area (Å²) in [5.41, 5.74) is 1.45. The lowest BCUT2D eigenvalue weighted by Crippen LogP contribution is -1.81. The van der Waals surface area contributed by atoms with Gasteiger partial charge in [-0.2, -0.15) is 10.4 Å². The molecular formula is C11H7F2N3. The molecule has 0 aliphatic carbocycles. The van der Waals surface area contributed by atoms with E-state index in [0.717, 1.165) is 0 Å². The molecule has 0 radical (unpaired) electrons. The number of hydrogen-bond acceptors (Lipinski definition) is 2. The van der Waals surface area contributed by atoms with E-state index in [1.54, 1.807) is 24.3 Å². The van der Waals surface area contributed by atoms with Crippen molar-refractivity contribution in [2.24, 2.45) is 0 Å². The second-order valence-electron chi connectivity index (χ2n) is 3.20. The van der Waals surface area contributed by atoms with Crippen LogP contribution in [0.25, 0.3) is 11.3 Å². The predicted molar refractivity (Wildman–Crippen MR) is 53.7 cm³/mol. The van der Waals surface area contributed by atoms with E-state index >= 15 is 0 Å². The van der Waals surface area contributed by atoms with Gasteiger partial charge in [-0.1, -0.05) is 12.1 Å². The van der Waals surface area contributed by atoms with Crippen molar-refractivity contribution in [2.75, 3.05) is 0 Å². The lowest BCUT2D eigenvalue weighted by atomic mass is 10.1. The lowest BCUT2D eigenvalue weighted by molar-refractivity contribution is 0.146. The van der Waals surface area contributed by atoms with Gasteiger partial charge in [0, 0.05) is 5.56 Å². The molecule has 1 aromatic carbocycles. The van der Waals surface area contributed by atoms with Crippen LogP contribution in [0.2, 0.25) is 0 Å². The van der Waals surface area contributed by atoms with Crippen LogP contribution in [-0.4, -0.2) is 10.2 Å². The molecule has 1 heterocycles. The Morgan fingerprint density at radius 1 is 1.25 bits per heavy atom. The number of alkyl halides is 2. The van der Waals surface area contributed by atoms with Crippen molar-refractivity contribution in [3.8, 4) is 17.3 Å². The van der Waals surface area contributed by atoms with Gasteiger partial charge in [0.15, 0.2) is 0 Å². The molecule has 2 rings (SSSR count). The number of hydrogen-bond donors (Lipinski definition) is 1. The maximum absolute atomic E-state index is 12.3. The minimum atomic E-state index is -2.56. The molecule has 0 unspecified atom stereocenters. The van der Waals surface area contributed by atoms with Crippen LogP contribution in [-0.2, 0) is 0 Å². The minimum absolute atomic E-state index is 0.209. The Kier molecular flexibility index (Phi) is 2.64. The van der Waals surface area contributed by atoms with Crippen LogP contribution < -0.4 is 0 Å². The van der Waals surface area contributed by atoms with Crippen LogP contribution >= 0.6 is 0 Å². The molecule has 2 aromatic rings. The molecule has 0 bridgehead atoms. The Morgan fingerprint density at radius 3 is 2.44 bits per heavy atom. The van der Waals surface area contributed by atoms with Gasteiger partial charge >= 0.3 is 0 Å². The summed E-state index contributed by atoms with van der Waals surface area (Å²) in [5, 5.41) is 14.6. The van der Waals surface area contributed by atoms with Crippen molar-refractivity contribution >= 4 is 0 Å². The first-order chi connectivity index (χ1) is 7.70. The molecule has 0 saturated carbocycles. The predicted octanol–water partition coefficient (Wildman–Crippen LogP) is 2.89. The Morgan fingerprint density at radius 2 is 1.94 bits per heavy atom. The normalized spacial score (nSPS) is 10.4. The Hall–Kier alpha value is -2.22. The molecule has 0 saturated heterocycles. The molecule has 5 heteroatoms. The molecule has 80 valence electrons. The van der Waals surface area contributed by atoms with E-state index in [0.29, 0.717) is 16.8 Å². The van der Waals surface area contributed by atoms with Gasteiger partial charge in [-0.3, -0.25) is 5.10 Å². The van der Waals surface area contributed by atoms with Gasteiger partial charge < -0.3 is 0 Å². The molecule has 0 aliphatic rings. The standard InChI is InChI=1S/C11H7F2N3/c12-11(13)10-5-9(15-16-10)8-3-1-7(6-14)2-4-8/h1-5,11H,(H,15,16). The summed E-state index contributed by atoms with van der Waals surface area (Å²) >= 11 is 0. The molecule has 0 atom stereocenters. The van der Waals surface area contributed by atoms with E-state index in [4.69, 9.17) is 5.26 Å². The Labute approximate surface area is 90.3 Å². The first-order valence-corrected chi connectivity index (χ1v) is 4.54. The number of nitriles is 1. The zero-order valence-electron chi connectivity index (χ0n) is 8.11. The van der Waals surface area contributed by atoms with E-state index in [2.05, 4.69) is 10.2 Å². The van der Waals surface area contributed by atoms with Crippen LogP contribution in [0.3, 0.4) is 0 Å². The van der Waals surface area contributed by atoms with Crippen molar-refractivity contribution < 1.29 is 8.78 Å². The van der Waals surface area contributed by atoms with E-state index < -0.39 is 6.43 Å². The highest BCUT2D eigenvalue weighted by molar-refractivity contribution is 5.60. The zero-order valence-corrected chi connectivity index (χ0v) is 8.11. The van der Waals surface area contributed by atoms with Crippen LogP contribution in [0.15, 0.2) is 30.3 Å². The smallest absolute Gasteiger partial charge is 0.276 e. The molecule has 0 aliphatic heterocycles. The summed E-state index contributed by atoms with van der Waals surface area (Å²) in [4.78, 5) is 0. The maximum atomic E-state index is 12.3. The summed E-state index contributed by atoms with van der Waals surface area (Å²) in [5.74, 6) is 0. The fraction of sp³-hybridized carbons (Fsp3) is 0.0909. The number of nitrogens with zero attached hydrogens (tertiary/aromatic N) is 2. The average Bonchev–Trinajstić information content (AvgIpc) is 2.78. The quantitative estimate of drug-likeness (QED) is 0.844. The maximum Gasteiger partial charge on any atom is 0.279 e. The van der Waals surface area contributed by atoms with E-state index in [9.17, 15) is 8.78 Å². The van der Waals surface area contributed by atoms with Gasteiger partial charge in [0.2, 0.25) is 0 Å². The van der Waals surface area contributed by atoms with Crippen molar-refractivity contribution in [1.82, 2.24) is 10.2 Å². The van der Waals surface area contributed by atoms with Gasteiger partial charge in [-0.15, -0.1) is 0 Å². The molecular weight excluding hydrogens is 212 g/mol. The van der Waals surface area contributed by atoms with Gasteiger partial charge in [-0.25, -0.2) is 8.78 Å². The molecule has 3 nitrogen and oxygen atoms in total. The van der Waals surface area contributed by atoms with E-state index in [-0.39, 0.29) is 5.69 Å². The summed E-state index contributed by atoms with van der Waals surface area (Å²) < 4.78 is 24.6. The summed E-state index contributed by atoms with van der Waals surface area (Å²) in [6.07, 6.45) is -2.56. The van der Waals surface area contributed by atoms with Gasteiger partial charge in [0.1, 0.15) is 5.69 Å². The first-order valence-electron chi connectivity index (χ1n) is 4.54. The first kappa shape index (κ1) is 10.3. The third kappa shape index (κ3) is 1.91. The number of halogens is 2. The Balaban J connectivity index is 2.32. The monoisotopic (exact) mass is 219 g/mol. The number of H-pyrrole nitrogens is 1. The third-order valence-corrected chi connectivity index (χ3v) is 2.14. The summed E-state index contributed by atoms with van der Waals surface area (Å²) in [6.45, 7) is 0. The van der Waals surface area contributed by atoms with E-state index in [1.807, 2.05) is 6.07 Å². The highest BCUT2D eigenvalue weighted by Gasteiger charge is 2.11. The lowest BCUT2D eigenvalue weighted by Gasteiger charge is -1.95. The largest absolute Gasteiger partial charge is 0.279 e. The number of benzene rings is 1. The molecule has 0 fully saturated rings. The second kappa shape index (κ2) is 4.11. The summed E-state index contributed by atoms with van der Waals surface area (Å²) in [7, 11) is 0. The van der Waals surface area contributed by atoms with Crippen molar-refractivity contribution in [1.29, 1.82) is 5.26 Å². The highest BCUT2D eigenvalue weighted by atomic mass is 19.3. The fourth-order valence-electron chi connectivity index (χ4n) is 1.31. The van der Waals surface area contributed by atoms with Crippen molar-refractivity contribution in [3.05, 3.63) is 41.6 Å². The van der Waals surface area contributed by atoms with Gasteiger partial charge in [-0.05, 0) is 18.2 Å². The van der Waals surface area contributed by atoms with Crippen molar-refractivity contribution in [3.63, 3.8) is 0 Å². The zero-order chi connectivity index (χ0) is 11.5. The van der Waals surface area contributed by atoms with Crippen molar-refractivity contribution in [2.45, 2.75) is 6.43 Å². The van der Waals surface area contributed by atoms with Crippen LogP contribution in [0.4, 0.5) is 8.78 Å². The minimum Gasteiger partial charge on any atom is -0.276 e. The molecule has 0 spiro atoms. The number of nitrogens with one attached hydrogen (secondary N) is 1. The third-order valence-electron chi connectivity index (χ3n) is 2.14. The fourth-order valence-corrected chi connectivity index (χ4v) is 1.31. The SMILES string of the molecule is N#Cc1ccc(-c2cc(C(F)F)[nH]n2)cc1. The number of rotatable bonds is 2. The number of aromatic amines is 1. The van der Waals surface area contributed by atoms with Crippen LogP contribution in [0.1, 0.15) is 17.7 Å². The topological polar surface area (TPSA) is 52.5 Å². The highest BCUT2D eigenvalue weighted by Crippen LogP contribution is 2.23. The van der Waals surface area contributed by atoms with Gasteiger partial charge in [0.05, 0.1) is 17.3 Å². The van der Waals surface area contributed by atoms with Gasteiger partial charge in [0.25, 0.3) is 6.43 Å². The van der Waals surface area contributed by atoms with Crippen LogP contribution in [0.5, 0.6) is 0 Å². The Bertz CT molecular complexity index is 523. The average molecular weight is 219 g/mol. The molecule has 16 heavy (non-hydrogen) atoms. The number of aromatic nitrogens is 2. The molecule has 1 aromatic heterocycles. The van der Waals surface area contributed by atoms with E-state index in [1.165, 1.54) is 6.07 Å².